The molecule has 0 radical (unpaired) electrons. The van der Waals surface area contributed by atoms with E-state index < -0.39 is 24.1 Å². The van der Waals surface area contributed by atoms with E-state index in [0.717, 1.165) is 44.4 Å². The number of aliphatic hydroxyl groups excluding tert-OH is 2. The first kappa shape index (κ1) is 26.5. The highest BCUT2D eigenvalue weighted by atomic mass is 19.4. The van der Waals surface area contributed by atoms with Crippen LogP contribution < -0.4 is 0 Å². The predicted octanol–water partition coefficient (Wildman–Crippen LogP) is 6.19. The molecule has 0 amide bonds. The van der Waals surface area contributed by atoms with Gasteiger partial charge in [-0.1, -0.05) is 61.0 Å². The highest BCUT2D eigenvalue weighted by molar-refractivity contribution is 5.99. The Morgan fingerprint density at radius 3 is 2.76 bits per heavy atom. The van der Waals surface area contributed by atoms with Crippen LogP contribution in [0.5, 0.6) is 0 Å². The first-order valence-electron chi connectivity index (χ1n) is 12.0. The number of halogens is 3. The van der Waals surface area contributed by atoms with Gasteiger partial charge in [0.15, 0.2) is 5.71 Å². The van der Waals surface area contributed by atoms with Crippen LogP contribution in [0.4, 0.5) is 13.2 Å². The summed E-state index contributed by atoms with van der Waals surface area (Å²) in [7, 11) is 1.10. The minimum atomic E-state index is -4.55. The van der Waals surface area contributed by atoms with Crippen LogP contribution in [0.25, 0.3) is 0 Å². The number of rotatable bonds is 6. The summed E-state index contributed by atoms with van der Waals surface area (Å²) >= 11 is 0. The lowest BCUT2D eigenvalue weighted by Crippen LogP contribution is -2.32. The zero-order valence-electron chi connectivity index (χ0n) is 20.2. The maximum absolute atomic E-state index is 13.0. The largest absolute Gasteiger partial charge is 0.436 e. The summed E-state index contributed by atoms with van der Waals surface area (Å²) in [5.74, 6) is 0.469. The fourth-order valence-corrected chi connectivity index (χ4v) is 5.87. The van der Waals surface area contributed by atoms with Gasteiger partial charge >= 0.3 is 6.18 Å². The first-order chi connectivity index (χ1) is 16.0. The van der Waals surface area contributed by atoms with Crippen molar-refractivity contribution in [3.8, 4) is 0 Å². The van der Waals surface area contributed by atoms with Crippen molar-refractivity contribution in [3.05, 3.63) is 59.3 Å². The summed E-state index contributed by atoms with van der Waals surface area (Å²) in [4.78, 5) is 4.33. The van der Waals surface area contributed by atoms with Gasteiger partial charge in [-0.25, -0.2) is 0 Å². The predicted molar refractivity (Wildman–Crippen MR) is 128 cm³/mol. The summed E-state index contributed by atoms with van der Waals surface area (Å²) < 4.78 is 39.0. The second-order valence-electron chi connectivity index (χ2n) is 9.98. The van der Waals surface area contributed by atoms with Crippen molar-refractivity contribution in [3.63, 3.8) is 0 Å². The summed E-state index contributed by atoms with van der Waals surface area (Å²) in [6, 6.07) is 0. The molecule has 5 atom stereocenters. The van der Waals surface area contributed by atoms with Gasteiger partial charge in [0.1, 0.15) is 7.11 Å². The highest BCUT2D eigenvalue weighted by Gasteiger charge is 2.45. The van der Waals surface area contributed by atoms with Crippen LogP contribution >= 0.6 is 0 Å². The van der Waals surface area contributed by atoms with Crippen molar-refractivity contribution in [1.82, 2.24) is 0 Å². The normalized spacial score (nSPS) is 34.0. The van der Waals surface area contributed by atoms with Gasteiger partial charge in [-0.2, -0.15) is 13.2 Å². The topological polar surface area (TPSA) is 62.0 Å². The van der Waals surface area contributed by atoms with E-state index in [2.05, 4.69) is 42.6 Å². The molecule has 34 heavy (non-hydrogen) atoms. The Bertz CT molecular complexity index is 928. The Labute approximate surface area is 200 Å². The molecule has 188 valence electrons. The number of aliphatic hydroxyl groups is 2. The lowest BCUT2D eigenvalue weighted by molar-refractivity contribution is -0.0604. The monoisotopic (exact) mass is 479 g/mol. The second-order valence-corrected chi connectivity index (χ2v) is 9.98. The fourth-order valence-electron chi connectivity index (χ4n) is 5.87. The van der Waals surface area contributed by atoms with E-state index in [9.17, 15) is 23.4 Å². The number of nitrogens with zero attached hydrogens (tertiary/aromatic N) is 1. The van der Waals surface area contributed by atoms with Crippen molar-refractivity contribution < 1.29 is 28.2 Å². The van der Waals surface area contributed by atoms with Crippen molar-refractivity contribution in [2.24, 2.45) is 22.4 Å². The first-order valence-corrected chi connectivity index (χ1v) is 12.0. The third kappa shape index (κ3) is 5.74. The molecule has 0 heterocycles. The number of allylic oxidation sites excluding steroid dienone is 7. The molecule has 0 aromatic heterocycles. The van der Waals surface area contributed by atoms with Crippen molar-refractivity contribution >= 4 is 5.71 Å². The maximum Gasteiger partial charge on any atom is 0.436 e. The summed E-state index contributed by atoms with van der Waals surface area (Å²) in [5, 5.41) is 23.2. The summed E-state index contributed by atoms with van der Waals surface area (Å²) in [6.07, 6.45) is 8.48. The van der Waals surface area contributed by atoms with Crippen molar-refractivity contribution in [2.45, 2.75) is 77.2 Å². The van der Waals surface area contributed by atoms with E-state index in [4.69, 9.17) is 0 Å². The number of oxime groups is 1. The molecular weight excluding hydrogens is 443 g/mol. The molecule has 0 spiro atoms. The lowest BCUT2D eigenvalue weighted by Gasteiger charge is -2.42. The molecule has 2 fully saturated rings. The van der Waals surface area contributed by atoms with Crippen molar-refractivity contribution in [2.75, 3.05) is 7.11 Å². The Morgan fingerprint density at radius 1 is 1.35 bits per heavy atom. The van der Waals surface area contributed by atoms with Crippen LogP contribution in [-0.2, 0) is 4.84 Å². The van der Waals surface area contributed by atoms with Gasteiger partial charge in [-0.05, 0) is 73.0 Å². The number of hydrogen-bond donors (Lipinski definition) is 2. The Hall–Kier alpha value is -2.12. The Kier molecular flexibility index (Phi) is 8.30. The Balaban J connectivity index is 1.73. The van der Waals surface area contributed by atoms with Gasteiger partial charge in [0.25, 0.3) is 0 Å². The van der Waals surface area contributed by atoms with Gasteiger partial charge in [-0.15, -0.1) is 0 Å². The molecule has 0 unspecified atom stereocenters. The molecular formula is C27H36F3NO3. The third-order valence-corrected chi connectivity index (χ3v) is 7.65. The van der Waals surface area contributed by atoms with Gasteiger partial charge in [0.05, 0.1) is 12.2 Å². The molecule has 0 aromatic carbocycles. The van der Waals surface area contributed by atoms with Gasteiger partial charge in [0, 0.05) is 6.42 Å². The van der Waals surface area contributed by atoms with E-state index >= 15 is 0 Å². The van der Waals surface area contributed by atoms with E-state index in [0.29, 0.717) is 30.8 Å². The minimum absolute atomic E-state index is 0.0219. The zero-order valence-corrected chi connectivity index (χ0v) is 20.2. The maximum atomic E-state index is 13.0. The average Bonchev–Trinajstić information content (AvgIpc) is 3.11. The minimum Gasteiger partial charge on any atom is -0.399 e. The fraction of sp³-hybridized carbons (Fsp3) is 0.593. The van der Waals surface area contributed by atoms with Crippen LogP contribution in [0.2, 0.25) is 0 Å². The van der Waals surface area contributed by atoms with Crippen LogP contribution in [0, 0.1) is 17.3 Å². The SMILES string of the molecule is C=C1/C(=C\C=C2/CCC[C@]3(C)C([C@H](C)C/C=C/C(=NOC)C(F)(F)F)=CC[C@@H]23)C[C@@H](O)C[C@@H]1O. The molecule has 2 saturated carbocycles. The van der Waals surface area contributed by atoms with Gasteiger partial charge in [-0.3, -0.25) is 0 Å². The van der Waals surface area contributed by atoms with Crippen LogP contribution in [0.1, 0.15) is 58.8 Å². The van der Waals surface area contributed by atoms with Crippen LogP contribution in [0.3, 0.4) is 0 Å². The molecule has 0 bridgehead atoms. The second kappa shape index (κ2) is 10.6. The molecule has 3 rings (SSSR count). The van der Waals surface area contributed by atoms with E-state index in [1.165, 1.54) is 17.2 Å². The lowest BCUT2D eigenvalue weighted by atomic mass is 9.62. The number of fused-ring (bicyclic) bond motifs is 1. The highest BCUT2D eigenvalue weighted by Crippen LogP contribution is 2.57. The summed E-state index contributed by atoms with van der Waals surface area (Å²) in [6.45, 7) is 8.34. The molecule has 3 aliphatic rings. The van der Waals surface area contributed by atoms with Gasteiger partial charge < -0.3 is 15.1 Å². The van der Waals surface area contributed by atoms with E-state index in [1.807, 2.05) is 6.08 Å². The zero-order chi connectivity index (χ0) is 25.1. The molecule has 0 aliphatic heterocycles. The quantitative estimate of drug-likeness (QED) is 0.271. The molecule has 0 saturated heterocycles. The molecule has 7 heteroatoms. The molecule has 3 aliphatic carbocycles. The van der Waals surface area contributed by atoms with E-state index in [1.54, 1.807) is 0 Å². The van der Waals surface area contributed by atoms with E-state index in [-0.39, 0.29) is 11.3 Å². The average molecular weight is 480 g/mol. The number of hydrogen-bond acceptors (Lipinski definition) is 4. The number of alkyl halides is 3. The van der Waals surface area contributed by atoms with Gasteiger partial charge in [0.2, 0.25) is 0 Å². The van der Waals surface area contributed by atoms with Crippen LogP contribution in [0.15, 0.2) is 64.4 Å². The molecule has 2 N–H and O–H groups in total. The van der Waals surface area contributed by atoms with Crippen LogP contribution in [-0.4, -0.2) is 41.4 Å². The molecule has 0 aromatic rings. The standard InChI is InChI=1S/C27H36F3NO3/c1-17(7-5-9-25(31-34-4)27(28,29)30)22-12-13-23-19(8-6-14-26(22,23)3)10-11-20-15-21(32)16-24(33)18(20)2/h5,9-12,17,21,23-24,32-33H,2,6-8,13-16H2,1,3-4H3/b9-5+,19-10+,20-11-,31-25?/t17-,21-,23+,24+,26-/m1/s1. The smallest absolute Gasteiger partial charge is 0.399 e. The molecule has 4 nitrogen and oxygen atoms in total. The summed E-state index contributed by atoms with van der Waals surface area (Å²) in [5.41, 5.74) is 3.18. The Morgan fingerprint density at radius 2 is 2.09 bits per heavy atom. The third-order valence-electron chi connectivity index (χ3n) is 7.65. The van der Waals surface area contributed by atoms with Crippen molar-refractivity contribution in [1.29, 1.82) is 0 Å².